The van der Waals surface area contributed by atoms with E-state index in [1.807, 2.05) is 24.3 Å². The minimum absolute atomic E-state index is 0.0194. The summed E-state index contributed by atoms with van der Waals surface area (Å²) in [5.74, 6) is -0.166. The Morgan fingerprint density at radius 2 is 1.61 bits per heavy atom. The molecule has 28 heavy (non-hydrogen) atoms. The second kappa shape index (κ2) is 10.8. The van der Waals surface area contributed by atoms with E-state index in [2.05, 4.69) is 22.1 Å². The van der Waals surface area contributed by atoms with E-state index in [1.54, 1.807) is 19.1 Å². The van der Waals surface area contributed by atoms with Crippen molar-refractivity contribution in [2.75, 3.05) is 24.6 Å². The zero-order valence-electron chi connectivity index (χ0n) is 16.1. The molecular weight excluding hydrogens is 360 g/mol. The Labute approximate surface area is 164 Å². The van der Waals surface area contributed by atoms with E-state index >= 15 is 0 Å². The Morgan fingerprint density at radius 3 is 2.11 bits per heavy atom. The summed E-state index contributed by atoms with van der Waals surface area (Å²) in [4.78, 5) is 23.8. The first kappa shape index (κ1) is 21.0. The van der Waals surface area contributed by atoms with Gasteiger partial charge in [-0.25, -0.2) is 0 Å². The number of carbonyl (C=O) groups is 1. The number of azo groups is 1. The van der Waals surface area contributed by atoms with Crippen LogP contribution in [0, 0.1) is 10.1 Å². The lowest BCUT2D eigenvalue weighted by Crippen LogP contribution is -2.24. The van der Waals surface area contributed by atoms with E-state index in [-0.39, 0.29) is 11.7 Å². The Hall–Kier alpha value is -3.29. The van der Waals surface area contributed by atoms with Gasteiger partial charge >= 0.3 is 5.97 Å². The van der Waals surface area contributed by atoms with Crippen molar-refractivity contribution in [2.24, 2.45) is 10.2 Å². The molecule has 0 unspecified atom stereocenters. The smallest absolute Gasteiger partial charge is 0.305 e. The van der Waals surface area contributed by atoms with Crippen LogP contribution in [0.25, 0.3) is 0 Å². The number of non-ortho nitro benzene ring substituents is 1. The van der Waals surface area contributed by atoms with Crippen LogP contribution in [0.4, 0.5) is 22.7 Å². The first-order valence-electron chi connectivity index (χ1n) is 9.20. The number of hydrogen-bond acceptors (Lipinski definition) is 7. The second-order valence-electron chi connectivity index (χ2n) is 5.98. The van der Waals surface area contributed by atoms with Crippen LogP contribution in [0.3, 0.4) is 0 Å². The molecule has 0 fully saturated rings. The third-order valence-electron chi connectivity index (χ3n) is 4.05. The maximum Gasteiger partial charge on any atom is 0.305 e. The molecule has 2 aromatic carbocycles. The highest BCUT2D eigenvalue weighted by atomic mass is 16.6. The molecule has 0 aliphatic carbocycles. The number of carbonyl (C=O) groups excluding carboxylic acids is 1. The third kappa shape index (κ3) is 6.46. The number of nitro groups is 1. The van der Waals surface area contributed by atoms with Crippen LogP contribution < -0.4 is 4.90 Å². The first-order valence-corrected chi connectivity index (χ1v) is 9.20. The average molecular weight is 384 g/mol. The van der Waals surface area contributed by atoms with Crippen molar-refractivity contribution in [3.63, 3.8) is 0 Å². The Kier molecular flexibility index (Phi) is 8.08. The molecule has 0 bridgehead atoms. The van der Waals surface area contributed by atoms with E-state index in [0.717, 1.165) is 25.2 Å². The fourth-order valence-corrected chi connectivity index (χ4v) is 2.60. The van der Waals surface area contributed by atoms with E-state index < -0.39 is 4.92 Å². The summed E-state index contributed by atoms with van der Waals surface area (Å²) >= 11 is 0. The van der Waals surface area contributed by atoms with Gasteiger partial charge in [0.2, 0.25) is 0 Å². The largest absolute Gasteiger partial charge is 0.466 e. The summed E-state index contributed by atoms with van der Waals surface area (Å²) in [5.41, 5.74) is 2.29. The van der Waals surface area contributed by atoms with E-state index in [0.29, 0.717) is 24.4 Å². The SMILES string of the molecule is CCOC(=O)CCCN(CC)c1ccc(N=Nc2ccc([N+](=O)[O-])cc2)cc1. The highest BCUT2D eigenvalue weighted by molar-refractivity contribution is 5.69. The Morgan fingerprint density at radius 1 is 1.04 bits per heavy atom. The minimum Gasteiger partial charge on any atom is -0.466 e. The maximum atomic E-state index is 11.4. The number of nitro benzene ring substituents is 1. The van der Waals surface area contributed by atoms with Gasteiger partial charge in [-0.05, 0) is 56.7 Å². The van der Waals surface area contributed by atoms with Crippen LogP contribution >= 0.6 is 0 Å². The van der Waals surface area contributed by atoms with Gasteiger partial charge in [0.05, 0.1) is 22.9 Å². The van der Waals surface area contributed by atoms with Gasteiger partial charge in [-0.1, -0.05) is 0 Å². The molecule has 8 heteroatoms. The molecule has 0 amide bonds. The van der Waals surface area contributed by atoms with Crippen LogP contribution in [0.2, 0.25) is 0 Å². The second-order valence-corrected chi connectivity index (χ2v) is 5.98. The summed E-state index contributed by atoms with van der Waals surface area (Å²) in [6, 6.07) is 13.5. The predicted octanol–water partition coefficient (Wildman–Crippen LogP) is 5.18. The van der Waals surface area contributed by atoms with Gasteiger partial charge in [-0.2, -0.15) is 10.2 Å². The summed E-state index contributed by atoms with van der Waals surface area (Å²) in [5, 5.41) is 18.9. The number of benzene rings is 2. The van der Waals surface area contributed by atoms with Crippen LogP contribution in [0.5, 0.6) is 0 Å². The van der Waals surface area contributed by atoms with Crippen molar-refractivity contribution in [3.05, 3.63) is 58.6 Å². The molecule has 2 rings (SSSR count). The molecule has 0 N–H and O–H groups in total. The molecule has 148 valence electrons. The van der Waals surface area contributed by atoms with E-state index in [1.165, 1.54) is 12.1 Å². The first-order chi connectivity index (χ1) is 13.5. The number of ether oxygens (including phenoxy) is 1. The van der Waals surface area contributed by atoms with Crippen molar-refractivity contribution in [1.82, 2.24) is 0 Å². The molecule has 0 atom stereocenters. The quantitative estimate of drug-likeness (QED) is 0.243. The van der Waals surface area contributed by atoms with Crippen molar-refractivity contribution in [3.8, 4) is 0 Å². The number of hydrogen-bond donors (Lipinski definition) is 0. The Balaban J connectivity index is 1.93. The van der Waals surface area contributed by atoms with Crippen molar-refractivity contribution < 1.29 is 14.5 Å². The van der Waals surface area contributed by atoms with Crippen LogP contribution in [-0.2, 0) is 9.53 Å². The maximum absolute atomic E-state index is 11.4. The molecular formula is C20H24N4O4. The molecule has 0 aromatic heterocycles. The highest BCUT2D eigenvalue weighted by Gasteiger charge is 2.07. The third-order valence-corrected chi connectivity index (χ3v) is 4.05. The number of nitrogens with zero attached hydrogens (tertiary/aromatic N) is 4. The summed E-state index contributed by atoms with van der Waals surface area (Å²) < 4.78 is 4.95. The van der Waals surface area contributed by atoms with Gasteiger partial charge in [-0.3, -0.25) is 14.9 Å². The molecule has 0 aliphatic rings. The molecule has 0 heterocycles. The van der Waals surface area contributed by atoms with E-state index in [4.69, 9.17) is 4.74 Å². The zero-order valence-corrected chi connectivity index (χ0v) is 16.1. The average Bonchev–Trinajstić information content (AvgIpc) is 2.71. The standard InChI is InChI=1S/C20H24N4O4/c1-3-23(15-5-6-20(25)28-4-2)18-11-7-16(8-12-18)21-22-17-9-13-19(14-10-17)24(26)27/h7-14H,3-6,15H2,1-2H3. The van der Waals surface area contributed by atoms with Gasteiger partial charge in [0.1, 0.15) is 0 Å². The lowest BCUT2D eigenvalue weighted by Gasteiger charge is -2.23. The number of anilines is 1. The number of rotatable bonds is 10. The molecule has 0 saturated heterocycles. The van der Waals surface area contributed by atoms with Crippen molar-refractivity contribution in [2.45, 2.75) is 26.7 Å². The molecule has 0 radical (unpaired) electrons. The highest BCUT2D eigenvalue weighted by Crippen LogP contribution is 2.23. The van der Waals surface area contributed by atoms with Crippen LogP contribution in [0.15, 0.2) is 58.8 Å². The minimum atomic E-state index is -0.453. The van der Waals surface area contributed by atoms with Gasteiger partial charge < -0.3 is 9.64 Å². The Bertz CT molecular complexity index is 804. The molecule has 0 spiro atoms. The summed E-state index contributed by atoms with van der Waals surface area (Å²) in [6.45, 7) is 5.86. The van der Waals surface area contributed by atoms with Crippen molar-refractivity contribution >= 4 is 28.7 Å². The zero-order chi connectivity index (χ0) is 20.4. The molecule has 8 nitrogen and oxygen atoms in total. The topological polar surface area (TPSA) is 97.4 Å². The van der Waals surface area contributed by atoms with Gasteiger partial charge in [0, 0.05) is 37.3 Å². The van der Waals surface area contributed by atoms with Gasteiger partial charge in [0.25, 0.3) is 5.69 Å². The van der Waals surface area contributed by atoms with E-state index in [9.17, 15) is 14.9 Å². The lowest BCUT2D eigenvalue weighted by atomic mass is 10.2. The summed E-state index contributed by atoms with van der Waals surface area (Å²) in [7, 11) is 0. The number of esters is 1. The molecule has 2 aromatic rings. The van der Waals surface area contributed by atoms with Crippen LogP contribution in [-0.4, -0.2) is 30.6 Å². The fourth-order valence-electron chi connectivity index (χ4n) is 2.60. The van der Waals surface area contributed by atoms with Gasteiger partial charge in [-0.15, -0.1) is 0 Å². The monoisotopic (exact) mass is 384 g/mol. The molecule has 0 aliphatic heterocycles. The fraction of sp³-hybridized carbons (Fsp3) is 0.350. The normalized spacial score (nSPS) is 10.8. The van der Waals surface area contributed by atoms with Crippen molar-refractivity contribution in [1.29, 1.82) is 0 Å². The summed E-state index contributed by atoms with van der Waals surface area (Å²) in [6.07, 6.45) is 1.14. The predicted molar refractivity (Wildman–Crippen MR) is 107 cm³/mol. The lowest BCUT2D eigenvalue weighted by molar-refractivity contribution is -0.384. The van der Waals surface area contributed by atoms with Gasteiger partial charge in [0.15, 0.2) is 0 Å². The molecule has 0 saturated carbocycles. The van der Waals surface area contributed by atoms with Crippen LogP contribution in [0.1, 0.15) is 26.7 Å².